The first-order valence-electron chi connectivity index (χ1n) is 10.1. The van der Waals surface area contributed by atoms with E-state index in [4.69, 9.17) is 4.42 Å². The minimum absolute atomic E-state index is 0. The molecule has 3 aromatic rings. The minimum atomic E-state index is -0.310. The quantitative estimate of drug-likeness (QED) is 0.541. The predicted molar refractivity (Wildman–Crippen MR) is 119 cm³/mol. The Bertz CT molecular complexity index is 908. The lowest BCUT2D eigenvalue weighted by Gasteiger charge is -2.38. The summed E-state index contributed by atoms with van der Waals surface area (Å²) in [5.41, 5.74) is 2.05. The van der Waals surface area contributed by atoms with Gasteiger partial charge in [0.05, 0.1) is 6.26 Å². The second-order valence-corrected chi connectivity index (χ2v) is 7.44. The van der Waals surface area contributed by atoms with Crippen LogP contribution in [0, 0.1) is 5.82 Å². The van der Waals surface area contributed by atoms with Gasteiger partial charge in [-0.25, -0.2) is 4.39 Å². The molecule has 1 aromatic heterocycles. The Hall–Kier alpha value is -2.63. The van der Waals surface area contributed by atoms with E-state index in [1.54, 1.807) is 29.2 Å². The number of amides is 1. The van der Waals surface area contributed by atoms with Crippen LogP contribution in [0.2, 0.25) is 0 Å². The topological polar surface area (TPSA) is 36.7 Å². The highest BCUT2D eigenvalue weighted by atomic mass is 35.5. The van der Waals surface area contributed by atoms with Crippen molar-refractivity contribution in [3.05, 3.63) is 90.1 Å². The Morgan fingerprint density at radius 1 is 1.00 bits per heavy atom. The van der Waals surface area contributed by atoms with Crippen LogP contribution in [0.25, 0.3) is 0 Å². The van der Waals surface area contributed by atoms with Crippen LogP contribution in [0.3, 0.4) is 0 Å². The molecule has 0 atom stereocenters. The van der Waals surface area contributed by atoms with Gasteiger partial charge in [0.25, 0.3) is 5.91 Å². The van der Waals surface area contributed by atoms with Gasteiger partial charge >= 0.3 is 0 Å². The van der Waals surface area contributed by atoms with E-state index in [1.165, 1.54) is 24.0 Å². The first-order valence-corrected chi connectivity index (χ1v) is 10.1. The normalized spacial score (nSPS) is 14.8. The Morgan fingerprint density at radius 3 is 2.33 bits per heavy atom. The SMILES string of the molecule is Cl.O=C(c1ccco1)N(c1ccc(F)cc1)C1CCN(CCc2ccccc2)CC1. The number of benzene rings is 2. The maximum Gasteiger partial charge on any atom is 0.294 e. The molecule has 1 aliphatic heterocycles. The van der Waals surface area contributed by atoms with E-state index in [9.17, 15) is 9.18 Å². The fourth-order valence-electron chi connectivity index (χ4n) is 3.95. The van der Waals surface area contributed by atoms with Crippen molar-refractivity contribution in [1.82, 2.24) is 4.90 Å². The van der Waals surface area contributed by atoms with Crippen molar-refractivity contribution < 1.29 is 13.6 Å². The highest BCUT2D eigenvalue weighted by Crippen LogP contribution is 2.26. The third-order valence-corrected chi connectivity index (χ3v) is 5.54. The summed E-state index contributed by atoms with van der Waals surface area (Å²) < 4.78 is 18.8. The first-order chi connectivity index (χ1) is 14.2. The van der Waals surface area contributed by atoms with Crippen LogP contribution < -0.4 is 4.90 Å². The molecule has 4 nitrogen and oxygen atoms in total. The molecular formula is C24H26ClFN2O2. The van der Waals surface area contributed by atoms with Crippen molar-refractivity contribution in [3.63, 3.8) is 0 Å². The highest BCUT2D eigenvalue weighted by Gasteiger charge is 2.31. The number of carbonyl (C=O) groups is 1. The van der Waals surface area contributed by atoms with Crippen molar-refractivity contribution in [2.45, 2.75) is 25.3 Å². The molecule has 158 valence electrons. The van der Waals surface area contributed by atoms with Gasteiger partial charge in [0, 0.05) is 31.4 Å². The lowest BCUT2D eigenvalue weighted by Crippen LogP contribution is -2.48. The van der Waals surface area contributed by atoms with Crippen molar-refractivity contribution >= 4 is 24.0 Å². The minimum Gasteiger partial charge on any atom is -0.459 e. The standard InChI is InChI=1S/C24H25FN2O2.ClH/c25-20-8-10-21(11-9-20)27(24(28)23-7-4-18-29-23)22-13-16-26(17-14-22)15-12-19-5-2-1-3-6-19;/h1-11,18,22H,12-17H2;1H. The zero-order valence-corrected chi connectivity index (χ0v) is 17.6. The fraction of sp³-hybridized carbons (Fsp3) is 0.292. The molecule has 0 unspecified atom stereocenters. The van der Waals surface area contributed by atoms with Crippen LogP contribution in [0.15, 0.2) is 77.4 Å². The number of piperidine rings is 1. The highest BCUT2D eigenvalue weighted by molar-refractivity contribution is 6.04. The van der Waals surface area contributed by atoms with Crippen molar-refractivity contribution in [3.8, 4) is 0 Å². The molecule has 0 N–H and O–H groups in total. The summed E-state index contributed by atoms with van der Waals surface area (Å²) in [6.07, 6.45) is 4.28. The van der Waals surface area contributed by atoms with Gasteiger partial charge in [-0.2, -0.15) is 0 Å². The van der Waals surface area contributed by atoms with Gasteiger partial charge < -0.3 is 14.2 Å². The fourth-order valence-corrected chi connectivity index (χ4v) is 3.95. The average molecular weight is 429 g/mol. The van der Waals surface area contributed by atoms with Crippen LogP contribution in [0.4, 0.5) is 10.1 Å². The van der Waals surface area contributed by atoms with E-state index in [2.05, 4.69) is 29.2 Å². The van der Waals surface area contributed by atoms with E-state index in [0.717, 1.165) is 38.9 Å². The molecule has 1 aliphatic rings. The lowest BCUT2D eigenvalue weighted by atomic mass is 10.0. The summed E-state index contributed by atoms with van der Waals surface area (Å²) in [5, 5.41) is 0. The van der Waals surface area contributed by atoms with Gasteiger partial charge in [0.1, 0.15) is 5.82 Å². The number of furan rings is 1. The molecule has 0 radical (unpaired) electrons. The van der Waals surface area contributed by atoms with E-state index in [-0.39, 0.29) is 30.2 Å². The smallest absolute Gasteiger partial charge is 0.294 e. The number of rotatable bonds is 6. The van der Waals surface area contributed by atoms with Gasteiger partial charge in [-0.3, -0.25) is 4.79 Å². The largest absolute Gasteiger partial charge is 0.459 e. The molecule has 30 heavy (non-hydrogen) atoms. The summed E-state index contributed by atoms with van der Waals surface area (Å²) in [5.74, 6) is -0.181. The second-order valence-electron chi connectivity index (χ2n) is 7.44. The van der Waals surface area contributed by atoms with E-state index < -0.39 is 0 Å². The van der Waals surface area contributed by atoms with Gasteiger partial charge in [0.15, 0.2) is 5.76 Å². The van der Waals surface area contributed by atoms with Crippen LogP contribution >= 0.6 is 12.4 Å². The number of hydrogen-bond donors (Lipinski definition) is 0. The molecule has 1 saturated heterocycles. The van der Waals surface area contributed by atoms with Gasteiger partial charge in [0.2, 0.25) is 0 Å². The monoisotopic (exact) mass is 428 g/mol. The zero-order chi connectivity index (χ0) is 20.1. The van der Waals surface area contributed by atoms with Crippen molar-refractivity contribution in [1.29, 1.82) is 0 Å². The molecule has 0 bridgehead atoms. The molecule has 2 heterocycles. The Balaban J connectivity index is 0.00000256. The van der Waals surface area contributed by atoms with Crippen LogP contribution in [-0.2, 0) is 6.42 Å². The van der Waals surface area contributed by atoms with Crippen LogP contribution in [0.5, 0.6) is 0 Å². The molecular weight excluding hydrogens is 403 g/mol. The average Bonchev–Trinajstić information content (AvgIpc) is 3.30. The molecule has 0 aliphatic carbocycles. The summed E-state index contributed by atoms with van der Waals surface area (Å²) >= 11 is 0. The second kappa shape index (κ2) is 10.4. The number of carbonyl (C=O) groups excluding carboxylic acids is 1. The molecule has 1 amide bonds. The molecule has 2 aromatic carbocycles. The van der Waals surface area contributed by atoms with Gasteiger partial charge in [-0.1, -0.05) is 30.3 Å². The molecule has 1 fully saturated rings. The van der Waals surface area contributed by atoms with Crippen LogP contribution in [0.1, 0.15) is 29.0 Å². The van der Waals surface area contributed by atoms with Gasteiger partial charge in [-0.05, 0) is 61.2 Å². The van der Waals surface area contributed by atoms with Crippen molar-refractivity contribution in [2.75, 3.05) is 24.5 Å². The zero-order valence-electron chi connectivity index (χ0n) is 16.7. The van der Waals surface area contributed by atoms with Crippen LogP contribution in [-0.4, -0.2) is 36.5 Å². The Labute approximate surface area is 182 Å². The summed E-state index contributed by atoms with van der Waals surface area (Å²) in [6, 6.07) is 20.1. The number of anilines is 1. The third kappa shape index (κ3) is 5.29. The lowest BCUT2D eigenvalue weighted by molar-refractivity contribution is 0.0933. The molecule has 0 saturated carbocycles. The predicted octanol–water partition coefficient (Wildman–Crippen LogP) is 5.19. The number of likely N-dealkylation sites (tertiary alicyclic amines) is 1. The van der Waals surface area contributed by atoms with Gasteiger partial charge in [-0.15, -0.1) is 12.4 Å². The summed E-state index contributed by atoms with van der Waals surface area (Å²) in [4.78, 5) is 17.3. The third-order valence-electron chi connectivity index (χ3n) is 5.54. The maximum absolute atomic E-state index is 13.4. The number of hydrogen-bond acceptors (Lipinski definition) is 3. The van der Waals surface area contributed by atoms with Crippen molar-refractivity contribution in [2.24, 2.45) is 0 Å². The molecule has 6 heteroatoms. The van der Waals surface area contributed by atoms with E-state index in [1.807, 2.05) is 6.07 Å². The first kappa shape index (κ1) is 22.1. The summed E-state index contributed by atoms with van der Waals surface area (Å²) in [7, 11) is 0. The Morgan fingerprint density at radius 2 is 1.70 bits per heavy atom. The Kier molecular flexibility index (Phi) is 7.66. The summed E-state index contributed by atoms with van der Waals surface area (Å²) in [6.45, 7) is 2.88. The van der Waals surface area contributed by atoms with E-state index >= 15 is 0 Å². The number of halogens is 2. The maximum atomic E-state index is 13.4. The molecule has 0 spiro atoms. The number of nitrogens with zero attached hydrogens (tertiary/aromatic N) is 2. The van der Waals surface area contributed by atoms with E-state index in [0.29, 0.717) is 11.4 Å². The molecule has 4 rings (SSSR count).